The van der Waals surface area contributed by atoms with Gasteiger partial charge in [-0.25, -0.2) is 14.0 Å². The molecule has 12 nitrogen and oxygen atoms in total. The number of carbonyl (C=O) groups is 2. The summed E-state index contributed by atoms with van der Waals surface area (Å²) >= 11 is 0. The van der Waals surface area contributed by atoms with E-state index >= 15 is 4.39 Å². The number of ether oxygens (including phenoxy) is 2. The fourth-order valence-electron chi connectivity index (χ4n) is 4.00. The molecule has 194 valence electrons. The van der Waals surface area contributed by atoms with Gasteiger partial charge in [-0.3, -0.25) is 4.79 Å². The topological polar surface area (TPSA) is 171 Å². The zero-order chi connectivity index (χ0) is 32.9. The Morgan fingerprint density at radius 3 is 2.47 bits per heavy atom. The van der Waals surface area contributed by atoms with Crippen molar-refractivity contribution in [1.29, 1.82) is 0 Å². The summed E-state index contributed by atoms with van der Waals surface area (Å²) in [5.74, 6) is -4.70. The molecule has 3 aliphatic rings. The van der Waals surface area contributed by atoms with Gasteiger partial charge in [0, 0.05) is 49.1 Å². The zero-order valence-electron chi connectivity index (χ0n) is 26.2. The van der Waals surface area contributed by atoms with Crippen molar-refractivity contribution in [2.24, 2.45) is 0 Å². The fraction of sp³-hybridized carbons (Fsp3) is 0.522. The number of hydrogen-bond donors (Lipinski definition) is 5. The van der Waals surface area contributed by atoms with Crippen LogP contribution in [0.5, 0.6) is 0 Å². The van der Waals surface area contributed by atoms with Gasteiger partial charge in [-0.1, -0.05) is 0 Å². The number of benzene rings is 1. The van der Waals surface area contributed by atoms with Crippen LogP contribution < -0.4 is 15.6 Å². The van der Waals surface area contributed by atoms with Crippen molar-refractivity contribution in [3.05, 3.63) is 39.9 Å². The quantitative estimate of drug-likeness (QED) is 0.307. The standard InChI is InChI=1S/C23H26FN3O9/c24-13-7-11-14(8-15(13)26-5-3-25-4-6-26)27(10-1-2-10)9-12(16(11)28)22(34)36-23-19(31)17(29)18(30)20(35-23)21(32)33/h7-10,17-20,23,25,29-31H,1-6H2,(H,32,33)/t17-,18-,19+,20-,23-/m0/s1/i3D2,4D2,5D2,6D2. The summed E-state index contributed by atoms with van der Waals surface area (Å²) in [5, 5.41) is 40.4. The van der Waals surface area contributed by atoms with E-state index in [0.717, 1.165) is 12.3 Å². The number of fused-ring (bicyclic) bond motifs is 1. The number of aromatic nitrogens is 1. The maximum atomic E-state index is 15.7. The Hall–Kier alpha value is -3.10. The molecule has 0 spiro atoms. The monoisotopic (exact) mass is 515 g/mol. The molecule has 2 aliphatic heterocycles. The van der Waals surface area contributed by atoms with Crippen molar-refractivity contribution >= 4 is 28.5 Å². The van der Waals surface area contributed by atoms with Crippen LogP contribution in [0.15, 0.2) is 23.1 Å². The Morgan fingerprint density at radius 1 is 1.14 bits per heavy atom. The molecular formula is C23H26FN3O9. The molecule has 0 bridgehead atoms. The Morgan fingerprint density at radius 2 is 1.83 bits per heavy atom. The number of carboxylic acids is 1. The first-order valence-electron chi connectivity index (χ1n) is 14.8. The molecule has 5 atom stereocenters. The second-order valence-corrected chi connectivity index (χ2v) is 8.41. The SMILES string of the molecule is [2H]C1([2H])NC([2H])([2H])C([2H])([2H])N(c2cc3c(cc2F)c(=O)c(C(=O)O[C@@H]2O[C@H](C(=O)O)[C@@H](O)[C@H](O)[C@H]2O)cn3C2CC2)C1([2H])[2H]. The number of esters is 1. The van der Waals surface area contributed by atoms with Gasteiger partial charge in [0.15, 0.2) is 6.10 Å². The number of pyridine rings is 1. The molecule has 5 N–H and O–H groups in total. The highest BCUT2D eigenvalue weighted by Gasteiger charge is 2.48. The van der Waals surface area contributed by atoms with Crippen LogP contribution in [0, 0.1) is 5.82 Å². The van der Waals surface area contributed by atoms with Gasteiger partial charge in [0.25, 0.3) is 0 Å². The summed E-state index contributed by atoms with van der Waals surface area (Å²) in [6, 6.07) is 0.993. The number of carboxylic acid groups (broad SMARTS) is 1. The summed E-state index contributed by atoms with van der Waals surface area (Å²) in [6.07, 6.45) is -8.59. The molecule has 1 saturated carbocycles. The minimum Gasteiger partial charge on any atom is -0.479 e. The van der Waals surface area contributed by atoms with Crippen LogP contribution in [0.25, 0.3) is 10.9 Å². The number of aliphatic carboxylic acids is 1. The number of nitrogens with zero attached hydrogens (tertiary/aromatic N) is 2. The van der Waals surface area contributed by atoms with Gasteiger partial charge >= 0.3 is 11.9 Å². The molecule has 0 amide bonds. The molecule has 2 saturated heterocycles. The Labute approximate surface area is 214 Å². The normalized spacial score (nSPS) is 37.7. The third-order valence-corrected chi connectivity index (χ3v) is 6.00. The fourth-order valence-corrected chi connectivity index (χ4v) is 4.00. The Kier molecular flexibility index (Phi) is 4.34. The first-order chi connectivity index (χ1) is 20.1. The van der Waals surface area contributed by atoms with Crippen LogP contribution in [0.2, 0.25) is 0 Å². The lowest BCUT2D eigenvalue weighted by Gasteiger charge is -2.37. The van der Waals surface area contributed by atoms with E-state index in [9.17, 15) is 34.8 Å². The zero-order valence-corrected chi connectivity index (χ0v) is 18.2. The van der Waals surface area contributed by atoms with Gasteiger partial charge in [0.2, 0.25) is 11.7 Å². The third-order valence-electron chi connectivity index (χ3n) is 6.00. The van der Waals surface area contributed by atoms with Crippen LogP contribution in [-0.4, -0.2) is 93.6 Å². The minimum atomic E-state index is -3.38. The van der Waals surface area contributed by atoms with Crippen LogP contribution in [0.4, 0.5) is 10.1 Å². The highest BCUT2D eigenvalue weighted by molar-refractivity contribution is 5.95. The molecule has 2 aromatic rings. The Bertz CT molecular complexity index is 1580. The van der Waals surface area contributed by atoms with E-state index in [-0.39, 0.29) is 10.4 Å². The second kappa shape index (κ2) is 9.41. The van der Waals surface area contributed by atoms with Crippen molar-refractivity contribution in [2.45, 2.75) is 49.6 Å². The number of halogens is 1. The lowest BCUT2D eigenvalue weighted by atomic mass is 9.99. The van der Waals surface area contributed by atoms with Gasteiger partial charge in [-0.2, -0.15) is 0 Å². The number of hydrogen-bond acceptors (Lipinski definition) is 10. The number of aliphatic hydroxyl groups is 3. The number of carbonyl (C=O) groups excluding carboxylic acids is 1. The van der Waals surface area contributed by atoms with Gasteiger partial charge in [-0.15, -0.1) is 0 Å². The molecule has 1 aliphatic carbocycles. The van der Waals surface area contributed by atoms with E-state index in [0.29, 0.717) is 18.9 Å². The minimum absolute atomic E-state index is 0.0183. The first kappa shape index (κ1) is 16.6. The van der Waals surface area contributed by atoms with E-state index in [1.807, 2.05) is 0 Å². The predicted octanol–water partition coefficient (Wildman–Crippen LogP) is -1.07. The molecule has 5 rings (SSSR count). The summed E-state index contributed by atoms with van der Waals surface area (Å²) in [6.45, 7) is -13.2. The molecule has 1 aromatic heterocycles. The highest BCUT2D eigenvalue weighted by Crippen LogP contribution is 2.38. The van der Waals surface area contributed by atoms with E-state index in [2.05, 4.69) is 0 Å². The Balaban J connectivity index is 1.61. The molecule has 13 heteroatoms. The van der Waals surface area contributed by atoms with Crippen molar-refractivity contribution in [3.63, 3.8) is 0 Å². The summed E-state index contributed by atoms with van der Waals surface area (Å²) in [7, 11) is 0. The molecule has 3 fully saturated rings. The van der Waals surface area contributed by atoms with Crippen molar-refractivity contribution in [2.75, 3.05) is 30.9 Å². The first-order valence-corrected chi connectivity index (χ1v) is 10.8. The third kappa shape index (κ3) is 4.33. The number of nitrogens with one attached hydrogen (secondary N) is 1. The maximum Gasteiger partial charge on any atom is 0.346 e. The van der Waals surface area contributed by atoms with Gasteiger partial charge in [0.1, 0.15) is 29.7 Å². The van der Waals surface area contributed by atoms with E-state index in [4.69, 9.17) is 20.4 Å². The lowest BCUT2D eigenvalue weighted by Crippen LogP contribution is -2.60. The maximum absolute atomic E-state index is 15.7. The van der Waals surface area contributed by atoms with E-state index in [1.54, 1.807) is 5.32 Å². The number of aliphatic hydroxyl groups excluding tert-OH is 3. The van der Waals surface area contributed by atoms with Crippen molar-refractivity contribution in [1.82, 2.24) is 9.88 Å². The van der Waals surface area contributed by atoms with Gasteiger partial charge in [-0.05, 0) is 25.0 Å². The van der Waals surface area contributed by atoms with Crippen molar-refractivity contribution < 1.29 is 54.8 Å². The van der Waals surface area contributed by atoms with Gasteiger partial charge in [0.05, 0.1) is 16.7 Å². The molecule has 0 radical (unpaired) electrons. The average Bonchev–Trinajstić information content (AvgIpc) is 3.73. The number of rotatable bonds is 5. The summed E-state index contributed by atoms with van der Waals surface area (Å²) in [5.41, 5.74) is -2.97. The summed E-state index contributed by atoms with van der Waals surface area (Å²) in [4.78, 5) is 37.9. The average molecular weight is 516 g/mol. The number of anilines is 1. The molecule has 1 aromatic carbocycles. The molecule has 3 heterocycles. The molecule has 0 unspecified atom stereocenters. The van der Waals surface area contributed by atoms with Crippen LogP contribution in [-0.2, 0) is 14.3 Å². The smallest absolute Gasteiger partial charge is 0.346 e. The van der Waals surface area contributed by atoms with E-state index in [1.165, 1.54) is 4.57 Å². The summed E-state index contributed by atoms with van der Waals surface area (Å²) < 4.78 is 92.1. The largest absolute Gasteiger partial charge is 0.479 e. The van der Waals surface area contributed by atoms with Gasteiger partial charge < -0.3 is 44.7 Å². The highest BCUT2D eigenvalue weighted by atomic mass is 19.1. The molecule has 36 heavy (non-hydrogen) atoms. The van der Waals surface area contributed by atoms with Crippen molar-refractivity contribution in [3.8, 4) is 0 Å². The van der Waals surface area contributed by atoms with Crippen LogP contribution >= 0.6 is 0 Å². The molecular weight excluding hydrogens is 481 g/mol. The van der Waals surface area contributed by atoms with E-state index < -0.39 is 103 Å². The number of piperazine rings is 1. The van der Waals surface area contributed by atoms with Crippen LogP contribution in [0.1, 0.15) is 40.2 Å². The predicted molar refractivity (Wildman–Crippen MR) is 121 cm³/mol. The lowest BCUT2D eigenvalue weighted by molar-refractivity contribution is -0.278. The second-order valence-electron chi connectivity index (χ2n) is 8.41. The van der Waals surface area contributed by atoms with Crippen LogP contribution in [0.3, 0.4) is 0 Å².